The molecule has 146 valence electrons. The number of rotatable bonds is 5. The fourth-order valence-corrected chi connectivity index (χ4v) is 3.64. The summed E-state index contributed by atoms with van der Waals surface area (Å²) < 4.78 is 17.4. The lowest BCUT2D eigenvalue weighted by molar-refractivity contribution is 0.0117. The van der Waals surface area contributed by atoms with Crippen LogP contribution in [0.5, 0.6) is 0 Å². The van der Waals surface area contributed by atoms with Crippen molar-refractivity contribution >= 4 is 32.8 Å². The zero-order valence-electron chi connectivity index (χ0n) is 15.0. The molecule has 0 saturated carbocycles. The molecular formula is C20H19BrN2O5. The third kappa shape index (κ3) is 4.04. The Hall–Kier alpha value is -2.42. The van der Waals surface area contributed by atoms with Gasteiger partial charge in [0.2, 0.25) is 0 Å². The van der Waals surface area contributed by atoms with Crippen LogP contribution in [-0.2, 0) is 4.74 Å². The van der Waals surface area contributed by atoms with Crippen molar-refractivity contribution in [3.05, 3.63) is 68.9 Å². The molecule has 1 N–H and O–H groups in total. The molecule has 1 aliphatic rings. The van der Waals surface area contributed by atoms with Crippen LogP contribution in [0, 0.1) is 0 Å². The van der Waals surface area contributed by atoms with Gasteiger partial charge in [0.05, 0.1) is 30.9 Å². The lowest BCUT2D eigenvalue weighted by atomic mass is 10.1. The number of nitrogens with one attached hydrogen (secondary N) is 1. The van der Waals surface area contributed by atoms with Crippen LogP contribution in [0.3, 0.4) is 0 Å². The molecule has 2 aromatic heterocycles. The summed E-state index contributed by atoms with van der Waals surface area (Å²) >= 11 is 3.35. The maximum atomic E-state index is 12.7. The molecule has 8 heteroatoms. The zero-order valence-corrected chi connectivity index (χ0v) is 16.6. The summed E-state index contributed by atoms with van der Waals surface area (Å²) in [5, 5.41) is 3.30. The molecule has 3 aromatic rings. The largest absolute Gasteiger partial charge is 0.468 e. The number of nitrogens with zero attached hydrogens (tertiary/aromatic N) is 1. The Morgan fingerprint density at radius 2 is 2.04 bits per heavy atom. The molecule has 1 fully saturated rings. The second-order valence-corrected chi connectivity index (χ2v) is 7.42. The minimum atomic E-state index is -0.441. The summed E-state index contributed by atoms with van der Waals surface area (Å²) in [6, 6.07) is 9.91. The molecular weight excluding hydrogens is 428 g/mol. The Labute approximate surface area is 169 Å². The van der Waals surface area contributed by atoms with E-state index in [4.69, 9.17) is 13.6 Å². The summed E-state index contributed by atoms with van der Waals surface area (Å²) in [6.45, 7) is 3.10. The average molecular weight is 447 g/mol. The Morgan fingerprint density at radius 3 is 2.79 bits per heavy atom. The molecule has 0 aliphatic carbocycles. The number of benzene rings is 1. The van der Waals surface area contributed by atoms with Gasteiger partial charge in [-0.05, 0) is 30.3 Å². The summed E-state index contributed by atoms with van der Waals surface area (Å²) in [6.07, 6.45) is 1.62. The summed E-state index contributed by atoms with van der Waals surface area (Å²) in [5.41, 5.74) is 0.109. The number of amides is 1. The summed E-state index contributed by atoms with van der Waals surface area (Å²) in [4.78, 5) is 27.2. The first-order chi connectivity index (χ1) is 13.6. The molecule has 0 radical (unpaired) electrons. The van der Waals surface area contributed by atoms with E-state index in [0.717, 1.165) is 23.3 Å². The topological polar surface area (TPSA) is 84.9 Å². The van der Waals surface area contributed by atoms with Gasteiger partial charge in [0.15, 0.2) is 11.2 Å². The van der Waals surface area contributed by atoms with Crippen LogP contribution in [-0.4, -0.2) is 43.7 Å². The van der Waals surface area contributed by atoms with Crippen molar-refractivity contribution in [3.8, 4) is 0 Å². The minimum absolute atomic E-state index is 0.0178. The van der Waals surface area contributed by atoms with E-state index in [2.05, 4.69) is 26.1 Å². The smallest absolute Gasteiger partial charge is 0.287 e. The SMILES string of the molecule is O=C(NCC(c1ccco1)N1CCOCC1)c1cc(=O)c2ccc(Br)cc2o1. The average Bonchev–Trinajstić information content (AvgIpc) is 3.23. The first-order valence-corrected chi connectivity index (χ1v) is 9.78. The molecule has 1 aromatic carbocycles. The van der Waals surface area contributed by atoms with Crippen molar-refractivity contribution in [1.29, 1.82) is 0 Å². The molecule has 1 aliphatic heterocycles. The van der Waals surface area contributed by atoms with E-state index in [0.29, 0.717) is 30.7 Å². The van der Waals surface area contributed by atoms with Gasteiger partial charge in [-0.15, -0.1) is 0 Å². The van der Waals surface area contributed by atoms with Gasteiger partial charge in [0.1, 0.15) is 11.3 Å². The summed E-state index contributed by atoms with van der Waals surface area (Å²) in [5.74, 6) is 0.311. The fourth-order valence-electron chi connectivity index (χ4n) is 3.30. The Balaban J connectivity index is 1.53. The van der Waals surface area contributed by atoms with E-state index < -0.39 is 5.91 Å². The lowest BCUT2D eigenvalue weighted by Gasteiger charge is -2.33. The summed E-state index contributed by atoms with van der Waals surface area (Å²) in [7, 11) is 0. The minimum Gasteiger partial charge on any atom is -0.468 e. The van der Waals surface area contributed by atoms with Gasteiger partial charge >= 0.3 is 0 Å². The van der Waals surface area contributed by atoms with E-state index in [1.165, 1.54) is 6.07 Å². The van der Waals surface area contributed by atoms with Gasteiger partial charge < -0.3 is 18.9 Å². The second kappa shape index (κ2) is 8.30. The zero-order chi connectivity index (χ0) is 19.5. The van der Waals surface area contributed by atoms with Gasteiger partial charge in [-0.25, -0.2) is 0 Å². The van der Waals surface area contributed by atoms with E-state index in [-0.39, 0.29) is 17.2 Å². The molecule has 0 bridgehead atoms. The first kappa shape index (κ1) is 18.9. The highest BCUT2D eigenvalue weighted by Gasteiger charge is 2.26. The van der Waals surface area contributed by atoms with Crippen molar-refractivity contribution in [2.45, 2.75) is 6.04 Å². The number of hydrogen-bond acceptors (Lipinski definition) is 6. The van der Waals surface area contributed by atoms with Gasteiger partial charge in [-0.2, -0.15) is 0 Å². The third-order valence-electron chi connectivity index (χ3n) is 4.73. The molecule has 1 unspecified atom stereocenters. The maximum Gasteiger partial charge on any atom is 0.287 e. The Bertz CT molecular complexity index is 1020. The van der Waals surface area contributed by atoms with Crippen LogP contribution in [0.4, 0.5) is 0 Å². The highest BCUT2D eigenvalue weighted by Crippen LogP contribution is 2.22. The number of furan rings is 1. The van der Waals surface area contributed by atoms with Crippen molar-refractivity contribution in [2.75, 3.05) is 32.8 Å². The molecule has 1 atom stereocenters. The molecule has 3 heterocycles. The predicted octanol–water partition coefficient (Wildman–Crippen LogP) is 2.95. The normalized spacial score (nSPS) is 16.2. The number of hydrogen-bond donors (Lipinski definition) is 1. The molecule has 28 heavy (non-hydrogen) atoms. The van der Waals surface area contributed by atoms with Gasteiger partial charge in [0.25, 0.3) is 5.91 Å². The lowest BCUT2D eigenvalue weighted by Crippen LogP contribution is -2.43. The number of halogens is 1. The van der Waals surface area contributed by atoms with Crippen LogP contribution in [0.25, 0.3) is 11.0 Å². The number of carbonyl (C=O) groups excluding carboxylic acids is 1. The van der Waals surface area contributed by atoms with Crippen LogP contribution < -0.4 is 10.7 Å². The molecule has 7 nitrogen and oxygen atoms in total. The number of fused-ring (bicyclic) bond motifs is 1. The number of carbonyl (C=O) groups is 1. The maximum absolute atomic E-state index is 12.7. The van der Waals surface area contributed by atoms with Gasteiger partial charge in [0, 0.05) is 30.2 Å². The Kier molecular flexibility index (Phi) is 5.61. The quantitative estimate of drug-likeness (QED) is 0.648. The number of ether oxygens (including phenoxy) is 1. The van der Waals surface area contributed by atoms with Crippen LogP contribution >= 0.6 is 15.9 Å². The van der Waals surface area contributed by atoms with E-state index in [9.17, 15) is 9.59 Å². The van der Waals surface area contributed by atoms with Crippen molar-refractivity contribution in [2.24, 2.45) is 0 Å². The second-order valence-electron chi connectivity index (χ2n) is 6.50. The molecule has 1 amide bonds. The van der Waals surface area contributed by atoms with Gasteiger partial charge in [-0.3, -0.25) is 14.5 Å². The predicted molar refractivity (Wildman–Crippen MR) is 106 cm³/mol. The van der Waals surface area contributed by atoms with Crippen molar-refractivity contribution < 1.29 is 18.4 Å². The first-order valence-electron chi connectivity index (χ1n) is 8.98. The monoisotopic (exact) mass is 446 g/mol. The highest BCUT2D eigenvalue weighted by atomic mass is 79.9. The Morgan fingerprint density at radius 1 is 1.21 bits per heavy atom. The molecule has 4 rings (SSSR count). The standard InChI is InChI=1S/C20H19BrN2O5/c21-13-3-4-14-16(24)11-19(28-18(14)10-13)20(25)22-12-15(17-2-1-7-27-17)23-5-8-26-9-6-23/h1-4,7,10-11,15H,5-6,8-9,12H2,(H,22,25). The van der Waals surface area contributed by atoms with Crippen LogP contribution in [0.15, 0.2) is 60.8 Å². The molecule has 0 spiro atoms. The number of morpholine rings is 1. The van der Waals surface area contributed by atoms with Crippen LogP contribution in [0.2, 0.25) is 0 Å². The molecule has 1 saturated heterocycles. The van der Waals surface area contributed by atoms with Crippen LogP contribution in [0.1, 0.15) is 22.4 Å². The third-order valence-corrected chi connectivity index (χ3v) is 5.22. The van der Waals surface area contributed by atoms with Crippen molar-refractivity contribution in [1.82, 2.24) is 10.2 Å². The van der Waals surface area contributed by atoms with E-state index in [1.807, 2.05) is 12.1 Å². The van der Waals surface area contributed by atoms with Gasteiger partial charge in [-0.1, -0.05) is 15.9 Å². The van der Waals surface area contributed by atoms with E-state index >= 15 is 0 Å². The highest BCUT2D eigenvalue weighted by molar-refractivity contribution is 9.10. The van der Waals surface area contributed by atoms with Crippen molar-refractivity contribution in [3.63, 3.8) is 0 Å². The fraction of sp³-hybridized carbons (Fsp3) is 0.300. The van der Waals surface area contributed by atoms with E-state index in [1.54, 1.807) is 24.5 Å².